The summed E-state index contributed by atoms with van der Waals surface area (Å²) in [6, 6.07) is 89.1. The molecule has 0 spiro atoms. The first kappa shape index (κ1) is 45.4. The Morgan fingerprint density at radius 2 is 0.658 bits per heavy atom. The Hall–Kier alpha value is -9.85. The molecule has 16 rings (SSSR count). The molecule has 0 atom stereocenters. The Morgan fingerprint density at radius 1 is 0.304 bits per heavy atom. The van der Waals surface area contributed by atoms with E-state index in [4.69, 9.17) is 14.2 Å². The highest BCUT2D eigenvalue weighted by Gasteiger charge is 2.50. The molecular formula is C70H50B2N4O3. The Bertz CT molecular complexity index is 4160. The van der Waals surface area contributed by atoms with Gasteiger partial charge in [0, 0.05) is 86.0 Å². The van der Waals surface area contributed by atoms with Gasteiger partial charge in [0.15, 0.2) is 0 Å². The van der Waals surface area contributed by atoms with Crippen LogP contribution in [-0.2, 0) is 5.41 Å². The number of hydrogen-bond acceptors (Lipinski definition) is 7. The Kier molecular flexibility index (Phi) is 9.95. The summed E-state index contributed by atoms with van der Waals surface area (Å²) < 4.78 is 22.6. The van der Waals surface area contributed by atoms with Crippen LogP contribution in [0.2, 0.25) is 0 Å². The van der Waals surface area contributed by atoms with E-state index >= 15 is 0 Å². The Labute approximate surface area is 460 Å². The first-order valence-electron chi connectivity index (χ1n) is 27.2. The van der Waals surface area contributed by atoms with Crippen LogP contribution in [0.25, 0.3) is 0 Å². The molecule has 11 aromatic rings. The molecule has 9 heteroatoms. The van der Waals surface area contributed by atoms with Gasteiger partial charge in [0.05, 0.1) is 11.4 Å². The minimum Gasteiger partial charge on any atom is -0.458 e. The van der Waals surface area contributed by atoms with Crippen LogP contribution in [-0.4, -0.2) is 13.4 Å². The van der Waals surface area contributed by atoms with Gasteiger partial charge in [-0.3, -0.25) is 0 Å². The molecule has 5 aliphatic rings. The van der Waals surface area contributed by atoms with Crippen LogP contribution in [0.4, 0.5) is 68.2 Å². The first-order chi connectivity index (χ1) is 38.8. The lowest BCUT2D eigenvalue weighted by Crippen LogP contribution is -2.64. The van der Waals surface area contributed by atoms with E-state index in [0.717, 1.165) is 125 Å². The SMILES string of the molecule is CC(C)(C)c1cc2c3c(c1)N(c1ccccc1)c1cc4c5cc1B3c1c(cc(N(c3ccccc3)c3ccccc3)cc1O2)Oc1cccc2c1B5c1c(cc(N(c3ccccc3)c3ccccc3)cc1N4c1ccccc1)O2. The number of ether oxygens (including phenoxy) is 3. The van der Waals surface area contributed by atoms with Gasteiger partial charge in [0.1, 0.15) is 34.5 Å². The van der Waals surface area contributed by atoms with Gasteiger partial charge >= 0.3 is 0 Å². The van der Waals surface area contributed by atoms with Crippen LogP contribution in [0.15, 0.2) is 249 Å². The van der Waals surface area contributed by atoms with E-state index in [9.17, 15) is 0 Å². The molecule has 5 aliphatic heterocycles. The summed E-state index contributed by atoms with van der Waals surface area (Å²) in [6.45, 7) is 6.30. The van der Waals surface area contributed by atoms with Gasteiger partial charge in [-0.25, -0.2) is 0 Å². The van der Waals surface area contributed by atoms with Gasteiger partial charge in [-0.2, -0.15) is 0 Å². The monoisotopic (exact) mass is 1020 g/mol. The Morgan fingerprint density at radius 3 is 1.09 bits per heavy atom. The third-order valence-electron chi connectivity index (χ3n) is 16.4. The van der Waals surface area contributed by atoms with Crippen molar-refractivity contribution in [3.8, 4) is 34.5 Å². The minimum absolute atomic E-state index is 0.210. The van der Waals surface area contributed by atoms with Crippen molar-refractivity contribution in [1.29, 1.82) is 0 Å². The van der Waals surface area contributed by atoms with E-state index in [0.29, 0.717) is 0 Å². The molecule has 374 valence electrons. The molecule has 0 radical (unpaired) electrons. The van der Waals surface area contributed by atoms with Crippen LogP contribution in [0.1, 0.15) is 26.3 Å². The fourth-order valence-electron chi connectivity index (χ4n) is 12.9. The molecule has 0 saturated carbocycles. The van der Waals surface area contributed by atoms with E-state index in [1.54, 1.807) is 0 Å². The van der Waals surface area contributed by atoms with Crippen molar-refractivity contribution in [3.05, 3.63) is 254 Å². The van der Waals surface area contributed by atoms with Crippen molar-refractivity contribution in [1.82, 2.24) is 0 Å². The summed E-state index contributed by atoms with van der Waals surface area (Å²) >= 11 is 0. The van der Waals surface area contributed by atoms with Crippen LogP contribution in [0.5, 0.6) is 34.5 Å². The zero-order chi connectivity index (χ0) is 52.5. The second kappa shape index (κ2) is 17.3. The number of hydrogen-bond donors (Lipinski definition) is 0. The van der Waals surface area contributed by atoms with Gasteiger partial charge < -0.3 is 33.8 Å². The van der Waals surface area contributed by atoms with E-state index in [-0.39, 0.29) is 18.8 Å². The van der Waals surface area contributed by atoms with Gasteiger partial charge in [-0.1, -0.05) is 142 Å². The van der Waals surface area contributed by atoms with Crippen molar-refractivity contribution in [2.45, 2.75) is 26.2 Å². The number of nitrogens with zero attached hydrogens (tertiary/aromatic N) is 4. The predicted molar refractivity (Wildman–Crippen MR) is 326 cm³/mol. The molecule has 7 nitrogen and oxygen atoms in total. The lowest BCUT2D eigenvalue weighted by molar-refractivity contribution is 0.459. The maximum absolute atomic E-state index is 7.77. The van der Waals surface area contributed by atoms with Gasteiger partial charge in [-0.15, -0.1) is 0 Å². The molecule has 0 fully saturated rings. The maximum atomic E-state index is 7.77. The maximum Gasteiger partial charge on any atom is 0.261 e. The molecule has 0 amide bonds. The zero-order valence-corrected chi connectivity index (χ0v) is 43.8. The molecule has 0 aliphatic carbocycles. The fourth-order valence-corrected chi connectivity index (χ4v) is 12.9. The molecule has 11 aromatic carbocycles. The molecule has 0 saturated heterocycles. The number of para-hydroxylation sites is 6. The van der Waals surface area contributed by atoms with Crippen LogP contribution in [0.3, 0.4) is 0 Å². The second-order valence-corrected chi connectivity index (χ2v) is 22.1. The van der Waals surface area contributed by atoms with Crippen LogP contribution < -0.4 is 66.6 Å². The van der Waals surface area contributed by atoms with Crippen molar-refractivity contribution in [2.75, 3.05) is 19.6 Å². The molecule has 0 unspecified atom stereocenters. The van der Waals surface area contributed by atoms with Crippen molar-refractivity contribution in [3.63, 3.8) is 0 Å². The van der Waals surface area contributed by atoms with Crippen LogP contribution >= 0.6 is 0 Å². The minimum atomic E-state index is -0.287. The summed E-state index contributed by atoms with van der Waals surface area (Å²) in [4.78, 5) is 9.58. The van der Waals surface area contributed by atoms with Crippen LogP contribution in [0, 0.1) is 0 Å². The molecule has 0 N–H and O–H groups in total. The summed E-state index contributed by atoms with van der Waals surface area (Å²) in [6.07, 6.45) is 0. The zero-order valence-electron chi connectivity index (χ0n) is 43.8. The average molecular weight is 1020 g/mol. The standard InChI is InChI=1S/C70H50B2N4O3/c1-70(2,3)45-37-58-66-62(38-45)79-65-42-53(74(48-27-14-6-15-28-48)49-29-16-7-17-30-49)41-64-69(65)72(66)55-43-54-57(44-56(55)75(58)50-31-18-8-19-32-50)76(51-33-20-9-21-34-51)59-39-52(73(46-23-10-4-11-24-46)47-25-12-5-13-26-47)40-63-67(59)71(54)68-60(77-63)35-22-36-61(68)78-64/h4-44H,1-3H3. The smallest absolute Gasteiger partial charge is 0.261 e. The van der Waals surface area contributed by atoms with Crippen molar-refractivity contribution >= 4 is 114 Å². The number of benzene rings is 11. The van der Waals surface area contributed by atoms with Gasteiger partial charge in [0.25, 0.3) is 13.4 Å². The van der Waals surface area contributed by atoms with E-state index < -0.39 is 0 Å². The highest BCUT2D eigenvalue weighted by Crippen LogP contribution is 2.51. The highest BCUT2D eigenvalue weighted by molar-refractivity contribution is 7.02. The lowest BCUT2D eigenvalue weighted by Gasteiger charge is -2.45. The predicted octanol–water partition coefficient (Wildman–Crippen LogP) is 14.8. The van der Waals surface area contributed by atoms with Gasteiger partial charge in [-0.05, 0) is 142 Å². The first-order valence-corrected chi connectivity index (χ1v) is 27.2. The summed E-state index contributed by atoms with van der Waals surface area (Å²) in [7, 11) is 0. The summed E-state index contributed by atoms with van der Waals surface area (Å²) in [5.41, 5.74) is 19.9. The van der Waals surface area contributed by atoms with Crippen molar-refractivity contribution < 1.29 is 14.2 Å². The molecular weight excluding hydrogens is 966 g/mol. The normalized spacial score (nSPS) is 13.5. The number of rotatable bonds is 8. The molecule has 0 aromatic heterocycles. The highest BCUT2D eigenvalue weighted by atomic mass is 16.5. The summed E-state index contributed by atoms with van der Waals surface area (Å²) in [5, 5.41) is 0. The summed E-state index contributed by atoms with van der Waals surface area (Å²) in [5.74, 6) is 4.59. The molecule has 5 heterocycles. The fraction of sp³-hybridized carbons (Fsp3) is 0.0571. The van der Waals surface area contributed by atoms with Crippen molar-refractivity contribution in [2.24, 2.45) is 0 Å². The number of anilines is 12. The molecule has 2 bridgehead atoms. The second-order valence-electron chi connectivity index (χ2n) is 22.1. The Balaban J connectivity index is 1.03. The quantitative estimate of drug-likeness (QED) is 0.140. The van der Waals surface area contributed by atoms with E-state index in [1.165, 1.54) is 16.5 Å². The third-order valence-corrected chi connectivity index (χ3v) is 16.4. The van der Waals surface area contributed by atoms with E-state index in [2.05, 4.69) is 289 Å². The largest absolute Gasteiger partial charge is 0.458 e. The van der Waals surface area contributed by atoms with E-state index in [1.807, 2.05) is 0 Å². The lowest BCUT2D eigenvalue weighted by atomic mass is 9.30. The van der Waals surface area contributed by atoms with Gasteiger partial charge in [0.2, 0.25) is 0 Å². The topological polar surface area (TPSA) is 40.7 Å². The molecule has 79 heavy (non-hydrogen) atoms. The average Bonchev–Trinajstić information content (AvgIpc) is 3.67. The third kappa shape index (κ3) is 7.02.